The summed E-state index contributed by atoms with van der Waals surface area (Å²) in [5.74, 6) is -1.18. The number of nitrogens with zero attached hydrogens (tertiary/aromatic N) is 5. The second-order valence-corrected chi connectivity index (χ2v) is 7.15. The molecule has 0 aliphatic heterocycles. The Morgan fingerprint density at radius 1 is 1.21 bits per heavy atom. The van der Waals surface area contributed by atoms with Gasteiger partial charge in [0.2, 0.25) is 0 Å². The third-order valence-corrected chi connectivity index (χ3v) is 5.01. The fourth-order valence-corrected chi connectivity index (χ4v) is 3.28. The quantitative estimate of drug-likeness (QED) is 0.469. The zero-order valence-corrected chi connectivity index (χ0v) is 18.2. The van der Waals surface area contributed by atoms with Crippen LogP contribution >= 0.6 is 0 Å². The number of rotatable bonds is 4. The summed E-state index contributed by atoms with van der Waals surface area (Å²) < 4.78 is 54.3. The van der Waals surface area contributed by atoms with Crippen LogP contribution in [-0.4, -0.2) is 40.7 Å². The van der Waals surface area contributed by atoms with E-state index in [9.17, 15) is 18.0 Å². The van der Waals surface area contributed by atoms with E-state index in [2.05, 4.69) is 19.9 Å². The van der Waals surface area contributed by atoms with Gasteiger partial charge in [0, 0.05) is 25.3 Å². The Hall–Kier alpha value is -3.89. The van der Waals surface area contributed by atoms with Crippen LogP contribution in [0.15, 0.2) is 41.7 Å². The molecular weight excluding hydrogens is 440 g/mol. The number of hydrogen-bond donors (Lipinski definition) is 1. The molecule has 1 amide bonds. The molecule has 2 heterocycles. The minimum atomic E-state index is -4.61. The summed E-state index contributed by atoms with van der Waals surface area (Å²) in [6, 6.07) is 3.81. The summed E-state index contributed by atoms with van der Waals surface area (Å²) >= 11 is 0. The molecule has 0 fully saturated rings. The van der Waals surface area contributed by atoms with Crippen molar-refractivity contribution in [2.75, 3.05) is 19.0 Å². The molecule has 0 atom stereocenters. The van der Waals surface area contributed by atoms with Gasteiger partial charge in [-0.25, -0.2) is 19.3 Å². The van der Waals surface area contributed by atoms with E-state index in [-0.39, 0.29) is 39.3 Å². The first-order valence-electron chi connectivity index (χ1n) is 9.63. The fraction of sp³-hybridized carbons (Fsp3) is 0.227. The molecule has 0 radical (unpaired) electrons. The van der Waals surface area contributed by atoms with Crippen molar-refractivity contribution < 1.29 is 22.4 Å². The first kappa shape index (κ1) is 23.8. The van der Waals surface area contributed by atoms with E-state index in [0.717, 1.165) is 12.3 Å². The van der Waals surface area contributed by atoms with Crippen molar-refractivity contribution in [1.82, 2.24) is 15.0 Å². The van der Waals surface area contributed by atoms with Crippen LogP contribution in [0.4, 0.5) is 23.2 Å². The Labute approximate surface area is 186 Å². The Bertz CT molecular complexity index is 1300. The summed E-state index contributed by atoms with van der Waals surface area (Å²) in [5, 5.41) is 0. The number of aromatic nitrogens is 3. The lowest BCUT2D eigenvalue weighted by molar-refractivity contribution is -0.141. The van der Waals surface area contributed by atoms with Gasteiger partial charge in [-0.1, -0.05) is 0 Å². The van der Waals surface area contributed by atoms with Gasteiger partial charge in [-0.2, -0.15) is 13.2 Å². The predicted octanol–water partition coefficient (Wildman–Crippen LogP) is 3.97. The van der Waals surface area contributed by atoms with Crippen LogP contribution in [0.2, 0.25) is 0 Å². The maximum Gasteiger partial charge on any atom is 0.433 e. The predicted molar refractivity (Wildman–Crippen MR) is 117 cm³/mol. The van der Waals surface area contributed by atoms with Gasteiger partial charge in [0.25, 0.3) is 5.91 Å². The van der Waals surface area contributed by atoms with Crippen molar-refractivity contribution in [1.29, 1.82) is 0 Å². The van der Waals surface area contributed by atoms with Crippen LogP contribution in [0, 0.1) is 19.7 Å². The van der Waals surface area contributed by atoms with Crippen LogP contribution in [-0.2, 0) is 11.0 Å². The summed E-state index contributed by atoms with van der Waals surface area (Å²) in [6.45, 7) is 2.95. The van der Waals surface area contributed by atoms with Gasteiger partial charge < -0.3 is 10.6 Å². The molecule has 0 saturated carbocycles. The number of carbonyl (C=O) groups is 1. The SMILES string of the molecule is CN=C(/C=C\N)C(=O)N(C)c1ccc(-c2ncc3nc(C(F)(F)F)cc(C)c3n2)c(F)c1C. The second-order valence-electron chi connectivity index (χ2n) is 7.15. The van der Waals surface area contributed by atoms with Crippen LogP contribution in [0.1, 0.15) is 16.8 Å². The number of halogens is 4. The van der Waals surface area contributed by atoms with E-state index in [1.54, 1.807) is 0 Å². The van der Waals surface area contributed by atoms with Gasteiger partial charge in [-0.05, 0) is 49.9 Å². The minimum Gasteiger partial charge on any atom is -0.405 e. The highest BCUT2D eigenvalue weighted by Crippen LogP contribution is 2.32. The Morgan fingerprint density at radius 3 is 2.52 bits per heavy atom. The van der Waals surface area contributed by atoms with Crippen molar-refractivity contribution in [2.45, 2.75) is 20.0 Å². The summed E-state index contributed by atoms with van der Waals surface area (Å²) in [5.41, 5.74) is 5.20. The molecule has 2 N–H and O–H groups in total. The summed E-state index contributed by atoms with van der Waals surface area (Å²) in [4.78, 5) is 29.5. The molecular formula is C22H20F4N6O. The van der Waals surface area contributed by atoms with Gasteiger partial charge in [0.05, 0.1) is 17.3 Å². The normalized spacial score (nSPS) is 12.5. The molecule has 0 unspecified atom stereocenters. The van der Waals surface area contributed by atoms with E-state index >= 15 is 4.39 Å². The molecule has 3 rings (SSSR count). The van der Waals surface area contributed by atoms with Crippen molar-refractivity contribution in [3.63, 3.8) is 0 Å². The summed E-state index contributed by atoms with van der Waals surface area (Å²) in [7, 11) is 2.91. The number of carbonyl (C=O) groups excluding carboxylic acids is 1. The number of amides is 1. The number of pyridine rings is 1. The zero-order valence-electron chi connectivity index (χ0n) is 18.2. The maximum absolute atomic E-state index is 15.3. The average molecular weight is 460 g/mol. The molecule has 0 spiro atoms. The molecule has 0 aliphatic carbocycles. The van der Waals surface area contributed by atoms with Gasteiger partial charge in [0.1, 0.15) is 22.7 Å². The molecule has 0 aliphatic rings. The average Bonchev–Trinajstić information content (AvgIpc) is 2.77. The number of anilines is 1. The van der Waals surface area contributed by atoms with Crippen molar-refractivity contribution >= 4 is 28.3 Å². The molecule has 7 nitrogen and oxygen atoms in total. The number of aryl methyl sites for hydroxylation is 1. The largest absolute Gasteiger partial charge is 0.433 e. The van der Waals surface area contributed by atoms with Crippen LogP contribution < -0.4 is 10.6 Å². The highest BCUT2D eigenvalue weighted by molar-refractivity contribution is 6.47. The topological polar surface area (TPSA) is 97.4 Å². The number of aliphatic imine (C=N–C) groups is 1. The highest BCUT2D eigenvalue weighted by atomic mass is 19.4. The van der Waals surface area contributed by atoms with E-state index in [4.69, 9.17) is 5.73 Å². The standard InChI is InChI=1S/C22H20F4N6O/c1-11-9-17(22(24,25)26)30-15-10-29-20(31-19(11)15)13-5-6-16(12(2)18(13)23)32(4)21(33)14(28-3)7-8-27/h5-10H,27H2,1-4H3/b8-7-,28-14?. The molecule has 2 aromatic heterocycles. The Kier molecular flexibility index (Phi) is 6.43. The van der Waals surface area contributed by atoms with Gasteiger partial charge in [0.15, 0.2) is 5.82 Å². The maximum atomic E-state index is 15.3. The number of hydrogen-bond acceptors (Lipinski definition) is 6. The van der Waals surface area contributed by atoms with Gasteiger partial charge in [-0.3, -0.25) is 9.79 Å². The van der Waals surface area contributed by atoms with E-state index in [1.807, 2.05) is 0 Å². The monoisotopic (exact) mass is 460 g/mol. The minimum absolute atomic E-state index is 0.0184. The van der Waals surface area contributed by atoms with Crippen LogP contribution in [0.3, 0.4) is 0 Å². The molecule has 3 aromatic rings. The lowest BCUT2D eigenvalue weighted by Gasteiger charge is -2.20. The Balaban J connectivity index is 2.05. The molecule has 172 valence electrons. The fourth-order valence-electron chi connectivity index (χ4n) is 3.28. The van der Waals surface area contributed by atoms with E-state index in [1.165, 1.54) is 57.3 Å². The van der Waals surface area contributed by atoms with Crippen LogP contribution in [0.5, 0.6) is 0 Å². The van der Waals surface area contributed by atoms with Crippen molar-refractivity contribution in [2.24, 2.45) is 10.7 Å². The van der Waals surface area contributed by atoms with Crippen LogP contribution in [0.25, 0.3) is 22.4 Å². The number of benzene rings is 1. The molecule has 11 heteroatoms. The molecule has 0 bridgehead atoms. The lowest BCUT2D eigenvalue weighted by Crippen LogP contribution is -2.33. The smallest absolute Gasteiger partial charge is 0.405 e. The van der Waals surface area contributed by atoms with E-state index < -0.39 is 23.6 Å². The van der Waals surface area contributed by atoms with Gasteiger partial charge >= 0.3 is 6.18 Å². The number of alkyl halides is 3. The Morgan fingerprint density at radius 2 is 1.91 bits per heavy atom. The van der Waals surface area contributed by atoms with Gasteiger partial charge in [-0.15, -0.1) is 0 Å². The lowest BCUT2D eigenvalue weighted by atomic mass is 10.1. The van der Waals surface area contributed by atoms with Crippen molar-refractivity contribution in [3.8, 4) is 11.4 Å². The molecule has 0 saturated heterocycles. The molecule has 1 aromatic carbocycles. The number of nitrogens with two attached hydrogens (primary N) is 1. The molecule has 33 heavy (non-hydrogen) atoms. The zero-order chi connectivity index (χ0) is 24.5. The third kappa shape index (κ3) is 4.52. The highest BCUT2D eigenvalue weighted by Gasteiger charge is 2.33. The third-order valence-electron chi connectivity index (χ3n) is 5.01. The summed E-state index contributed by atoms with van der Waals surface area (Å²) in [6.07, 6.45) is -0.970. The number of fused-ring (bicyclic) bond motifs is 1. The second kappa shape index (κ2) is 8.93. The van der Waals surface area contributed by atoms with Crippen molar-refractivity contribution in [3.05, 3.63) is 59.3 Å². The first-order chi connectivity index (χ1) is 15.5. The van der Waals surface area contributed by atoms with E-state index in [0.29, 0.717) is 5.69 Å². The first-order valence-corrected chi connectivity index (χ1v) is 9.63.